The molecule has 0 atom stereocenters. The van der Waals surface area contributed by atoms with E-state index in [9.17, 15) is 4.79 Å². The van der Waals surface area contributed by atoms with Crippen molar-refractivity contribution in [2.45, 2.75) is 13.8 Å². The van der Waals surface area contributed by atoms with Gasteiger partial charge in [0.2, 0.25) is 0 Å². The second-order valence-electron chi connectivity index (χ2n) is 3.77. The van der Waals surface area contributed by atoms with Gasteiger partial charge in [0.05, 0.1) is 0 Å². The molecule has 0 saturated heterocycles. The average molecular weight is 296 g/mol. The van der Waals surface area contributed by atoms with Gasteiger partial charge in [0.25, 0.3) is 0 Å². The molecule has 0 amide bonds. The monoisotopic (exact) mass is 295 g/mol. The van der Waals surface area contributed by atoms with Gasteiger partial charge in [0, 0.05) is 40.8 Å². The number of hydrogen-bond acceptors (Lipinski definition) is 3. The van der Waals surface area contributed by atoms with Crippen LogP contribution in [-0.2, 0) is 0 Å². The third-order valence-electron chi connectivity index (χ3n) is 2.81. The van der Waals surface area contributed by atoms with Crippen molar-refractivity contribution in [3.63, 3.8) is 0 Å². The van der Waals surface area contributed by atoms with Crippen LogP contribution in [0, 0.1) is 0 Å². The molecule has 0 bridgehead atoms. The zero-order valence-corrected chi connectivity index (χ0v) is 11.5. The summed E-state index contributed by atoms with van der Waals surface area (Å²) in [4.78, 5) is 13.5. The summed E-state index contributed by atoms with van der Waals surface area (Å²) in [7, 11) is 0. The van der Waals surface area contributed by atoms with Crippen molar-refractivity contribution in [1.82, 2.24) is 0 Å². The Hall–Kier alpha value is -1.29. The van der Waals surface area contributed by atoms with E-state index in [1.165, 1.54) is 6.07 Å². The van der Waals surface area contributed by atoms with Crippen LogP contribution in [0.3, 0.4) is 0 Å². The van der Waals surface area contributed by atoms with E-state index in [0.29, 0.717) is 5.58 Å². The fourth-order valence-corrected chi connectivity index (χ4v) is 2.41. The van der Waals surface area contributed by atoms with Crippen LogP contribution in [0.2, 0.25) is 0 Å². The van der Waals surface area contributed by atoms with E-state index < -0.39 is 0 Å². The lowest BCUT2D eigenvalue weighted by Gasteiger charge is -2.21. The highest BCUT2D eigenvalue weighted by molar-refractivity contribution is 9.10. The van der Waals surface area contributed by atoms with E-state index in [0.717, 1.165) is 28.6 Å². The Morgan fingerprint density at radius 1 is 1.24 bits per heavy atom. The Kier molecular flexibility index (Phi) is 3.52. The van der Waals surface area contributed by atoms with Crippen molar-refractivity contribution in [1.29, 1.82) is 0 Å². The Morgan fingerprint density at radius 3 is 2.59 bits per heavy atom. The standard InChI is InChI=1S/C13H14BrNO2/c1-3-15(4-2)9-5-6-10-11(14)8-13(16)17-12(10)7-9/h5-8H,3-4H2,1-2H3. The molecule has 90 valence electrons. The minimum Gasteiger partial charge on any atom is -0.423 e. The van der Waals surface area contributed by atoms with Crippen LogP contribution < -0.4 is 10.5 Å². The molecule has 0 aliphatic heterocycles. The molecule has 2 aromatic rings. The highest BCUT2D eigenvalue weighted by Crippen LogP contribution is 2.26. The van der Waals surface area contributed by atoms with Gasteiger partial charge in [-0.05, 0) is 41.9 Å². The number of benzene rings is 1. The third kappa shape index (κ3) is 2.36. The summed E-state index contributed by atoms with van der Waals surface area (Å²) in [5.41, 5.74) is 1.36. The normalized spacial score (nSPS) is 10.8. The molecule has 4 heteroatoms. The van der Waals surface area contributed by atoms with Gasteiger partial charge in [0.1, 0.15) is 5.58 Å². The minimum atomic E-state index is -0.332. The molecule has 1 aromatic heterocycles. The quantitative estimate of drug-likeness (QED) is 0.814. The summed E-state index contributed by atoms with van der Waals surface area (Å²) in [6.45, 7) is 6.07. The summed E-state index contributed by atoms with van der Waals surface area (Å²) in [5.74, 6) is 0. The molecule has 0 N–H and O–H groups in total. The molecular weight excluding hydrogens is 282 g/mol. The molecule has 0 spiro atoms. The minimum absolute atomic E-state index is 0.332. The summed E-state index contributed by atoms with van der Waals surface area (Å²) < 4.78 is 5.98. The van der Waals surface area contributed by atoms with E-state index in [4.69, 9.17) is 4.42 Å². The van der Waals surface area contributed by atoms with Crippen LogP contribution in [0.4, 0.5) is 5.69 Å². The molecule has 0 aliphatic carbocycles. The second kappa shape index (κ2) is 4.92. The van der Waals surface area contributed by atoms with E-state index in [1.54, 1.807) is 0 Å². The smallest absolute Gasteiger partial charge is 0.337 e. The molecule has 17 heavy (non-hydrogen) atoms. The van der Waals surface area contributed by atoms with Gasteiger partial charge < -0.3 is 9.32 Å². The number of fused-ring (bicyclic) bond motifs is 1. The van der Waals surface area contributed by atoms with Crippen LogP contribution in [0.15, 0.2) is 37.9 Å². The molecule has 0 fully saturated rings. The SMILES string of the molecule is CCN(CC)c1ccc2c(Br)cc(=O)oc2c1. The molecule has 1 aromatic carbocycles. The lowest BCUT2D eigenvalue weighted by molar-refractivity contribution is 0.560. The Labute approximate surface area is 108 Å². The van der Waals surface area contributed by atoms with Crippen molar-refractivity contribution in [3.8, 4) is 0 Å². The summed E-state index contributed by atoms with van der Waals surface area (Å²) >= 11 is 3.37. The maximum atomic E-state index is 11.3. The third-order valence-corrected chi connectivity index (χ3v) is 3.46. The molecule has 0 saturated carbocycles. The first-order chi connectivity index (χ1) is 8.15. The zero-order chi connectivity index (χ0) is 12.4. The van der Waals surface area contributed by atoms with E-state index in [1.807, 2.05) is 18.2 Å². The Morgan fingerprint density at radius 2 is 1.94 bits per heavy atom. The molecule has 0 aliphatic rings. The highest BCUT2D eigenvalue weighted by atomic mass is 79.9. The van der Waals surface area contributed by atoms with Crippen molar-refractivity contribution < 1.29 is 4.42 Å². The Bertz CT molecular complexity index is 587. The summed E-state index contributed by atoms with van der Waals surface area (Å²) in [5, 5.41) is 0.917. The highest BCUT2D eigenvalue weighted by Gasteiger charge is 2.07. The molecule has 0 unspecified atom stereocenters. The van der Waals surface area contributed by atoms with Crippen LogP contribution in [0.25, 0.3) is 11.0 Å². The van der Waals surface area contributed by atoms with Gasteiger partial charge in [-0.2, -0.15) is 0 Å². The fourth-order valence-electron chi connectivity index (χ4n) is 1.90. The van der Waals surface area contributed by atoms with Crippen molar-refractivity contribution >= 4 is 32.6 Å². The van der Waals surface area contributed by atoms with E-state index in [-0.39, 0.29) is 5.63 Å². The number of anilines is 1. The first kappa shape index (κ1) is 12.2. The zero-order valence-electron chi connectivity index (χ0n) is 9.87. The fraction of sp³-hybridized carbons (Fsp3) is 0.308. The van der Waals surface area contributed by atoms with E-state index in [2.05, 4.69) is 34.7 Å². The van der Waals surface area contributed by atoms with Gasteiger partial charge in [0.15, 0.2) is 0 Å². The van der Waals surface area contributed by atoms with Crippen LogP contribution in [0.5, 0.6) is 0 Å². The van der Waals surface area contributed by atoms with Crippen LogP contribution in [-0.4, -0.2) is 13.1 Å². The lowest BCUT2D eigenvalue weighted by atomic mass is 10.2. The maximum absolute atomic E-state index is 11.3. The summed E-state index contributed by atoms with van der Waals surface area (Å²) in [6, 6.07) is 7.37. The predicted octanol–water partition coefficient (Wildman–Crippen LogP) is 3.40. The van der Waals surface area contributed by atoms with Crippen molar-refractivity contribution in [2.24, 2.45) is 0 Å². The van der Waals surface area contributed by atoms with Crippen molar-refractivity contribution in [3.05, 3.63) is 39.2 Å². The van der Waals surface area contributed by atoms with Crippen molar-refractivity contribution in [2.75, 3.05) is 18.0 Å². The number of hydrogen-bond donors (Lipinski definition) is 0. The predicted molar refractivity (Wildman–Crippen MR) is 73.7 cm³/mol. The molecule has 0 radical (unpaired) electrons. The van der Waals surface area contributed by atoms with Crippen LogP contribution >= 0.6 is 15.9 Å². The van der Waals surface area contributed by atoms with Gasteiger partial charge in [-0.25, -0.2) is 4.79 Å². The van der Waals surface area contributed by atoms with Gasteiger partial charge >= 0.3 is 5.63 Å². The van der Waals surface area contributed by atoms with E-state index >= 15 is 0 Å². The number of halogens is 1. The van der Waals surface area contributed by atoms with Gasteiger partial charge in [-0.3, -0.25) is 0 Å². The topological polar surface area (TPSA) is 33.5 Å². The molecular formula is C13H14BrNO2. The molecule has 2 rings (SSSR count). The number of nitrogens with zero attached hydrogens (tertiary/aromatic N) is 1. The summed E-state index contributed by atoms with van der Waals surface area (Å²) in [6.07, 6.45) is 0. The second-order valence-corrected chi connectivity index (χ2v) is 4.62. The first-order valence-corrected chi connectivity index (χ1v) is 6.43. The lowest BCUT2D eigenvalue weighted by Crippen LogP contribution is -2.21. The molecule has 1 heterocycles. The number of rotatable bonds is 3. The first-order valence-electron chi connectivity index (χ1n) is 5.64. The van der Waals surface area contributed by atoms with Gasteiger partial charge in [-0.1, -0.05) is 0 Å². The maximum Gasteiger partial charge on any atom is 0.337 e. The Balaban J connectivity index is 2.61. The molecule has 3 nitrogen and oxygen atoms in total. The largest absolute Gasteiger partial charge is 0.423 e. The van der Waals surface area contributed by atoms with Gasteiger partial charge in [-0.15, -0.1) is 0 Å². The average Bonchev–Trinajstić information content (AvgIpc) is 2.30. The van der Waals surface area contributed by atoms with Crippen LogP contribution in [0.1, 0.15) is 13.8 Å².